The Bertz CT molecular complexity index is 3200. The standard InChI is InChI=1S/C55H36/c1-35-22-23-41-34-43(31-29-40(41)32-35)55-50-20-10-6-16-46(50)53(47-17-7-11-21-51(47)55)38-27-25-37(26-28-38)52-44-14-4-8-18-48(44)54(49-19-9-5-15-45(49)52)42-30-24-36-12-2-3-13-39(36)33-42/h2-34H,1H3. The van der Waals surface area contributed by atoms with E-state index in [-0.39, 0.29) is 0 Å². The largest absolute Gasteiger partial charge is 0.0616 e. The fourth-order valence-electron chi connectivity index (χ4n) is 9.17. The molecular weight excluding hydrogens is 661 g/mol. The van der Waals surface area contributed by atoms with Gasteiger partial charge in [-0.25, -0.2) is 0 Å². The number of hydrogen-bond donors (Lipinski definition) is 0. The zero-order valence-corrected chi connectivity index (χ0v) is 30.6. The average Bonchev–Trinajstić information content (AvgIpc) is 3.24. The number of aryl methyl sites for hydroxylation is 1. The van der Waals surface area contributed by atoms with Crippen LogP contribution in [-0.4, -0.2) is 0 Å². The van der Waals surface area contributed by atoms with Gasteiger partial charge in [-0.1, -0.05) is 194 Å². The lowest BCUT2D eigenvalue weighted by Gasteiger charge is -2.19. The van der Waals surface area contributed by atoms with Crippen LogP contribution in [0.5, 0.6) is 0 Å². The van der Waals surface area contributed by atoms with Crippen molar-refractivity contribution in [3.63, 3.8) is 0 Å². The van der Waals surface area contributed by atoms with Crippen LogP contribution in [0.25, 0.3) is 109 Å². The minimum Gasteiger partial charge on any atom is -0.0616 e. The molecule has 0 amide bonds. The molecule has 0 nitrogen and oxygen atoms in total. The molecule has 0 saturated carbocycles. The van der Waals surface area contributed by atoms with Gasteiger partial charge >= 0.3 is 0 Å². The highest BCUT2D eigenvalue weighted by Gasteiger charge is 2.19. The van der Waals surface area contributed by atoms with Crippen LogP contribution < -0.4 is 0 Å². The second-order valence-electron chi connectivity index (χ2n) is 14.9. The molecule has 0 aromatic heterocycles. The zero-order valence-electron chi connectivity index (χ0n) is 30.6. The van der Waals surface area contributed by atoms with E-state index in [2.05, 4.69) is 207 Å². The molecule has 11 aromatic carbocycles. The maximum atomic E-state index is 2.36. The molecule has 0 aliphatic rings. The van der Waals surface area contributed by atoms with Crippen LogP contribution in [0, 0.1) is 6.92 Å². The monoisotopic (exact) mass is 696 g/mol. The van der Waals surface area contributed by atoms with Crippen LogP contribution in [0.3, 0.4) is 0 Å². The third kappa shape index (κ3) is 5.07. The van der Waals surface area contributed by atoms with Gasteiger partial charge in [-0.2, -0.15) is 0 Å². The van der Waals surface area contributed by atoms with Crippen molar-refractivity contribution in [1.82, 2.24) is 0 Å². The first-order chi connectivity index (χ1) is 27.2. The first-order valence-electron chi connectivity index (χ1n) is 19.2. The molecule has 55 heavy (non-hydrogen) atoms. The normalized spacial score (nSPS) is 11.7. The van der Waals surface area contributed by atoms with Crippen molar-refractivity contribution in [2.45, 2.75) is 6.92 Å². The molecule has 11 aromatic rings. The summed E-state index contributed by atoms with van der Waals surface area (Å²) in [7, 11) is 0. The van der Waals surface area contributed by atoms with E-state index in [1.807, 2.05) is 0 Å². The highest BCUT2D eigenvalue weighted by Crippen LogP contribution is 2.47. The number of fused-ring (bicyclic) bond motifs is 6. The Morgan fingerprint density at radius 2 is 0.491 bits per heavy atom. The average molecular weight is 697 g/mol. The lowest BCUT2D eigenvalue weighted by atomic mass is 9.84. The molecule has 0 spiro atoms. The maximum absolute atomic E-state index is 2.36. The summed E-state index contributed by atoms with van der Waals surface area (Å²) in [5.41, 5.74) is 11.3. The molecule has 0 heteroatoms. The lowest BCUT2D eigenvalue weighted by Crippen LogP contribution is -1.92. The molecule has 11 rings (SSSR count). The van der Waals surface area contributed by atoms with Gasteiger partial charge in [0.25, 0.3) is 0 Å². The first kappa shape index (κ1) is 31.5. The number of hydrogen-bond acceptors (Lipinski definition) is 0. The van der Waals surface area contributed by atoms with Gasteiger partial charge in [0.2, 0.25) is 0 Å². The molecule has 0 bridgehead atoms. The molecule has 0 unspecified atom stereocenters. The maximum Gasteiger partial charge on any atom is -0.00262 e. The smallest absolute Gasteiger partial charge is 0.00262 e. The third-order valence-electron chi connectivity index (χ3n) is 11.6. The second-order valence-corrected chi connectivity index (χ2v) is 14.9. The summed E-state index contributed by atoms with van der Waals surface area (Å²) in [6.45, 7) is 2.16. The van der Waals surface area contributed by atoms with Crippen molar-refractivity contribution in [3.8, 4) is 44.5 Å². The van der Waals surface area contributed by atoms with Crippen molar-refractivity contribution in [3.05, 3.63) is 206 Å². The van der Waals surface area contributed by atoms with E-state index in [9.17, 15) is 0 Å². The summed E-state index contributed by atoms with van der Waals surface area (Å²) in [6, 6.07) is 74.3. The molecular formula is C55H36. The van der Waals surface area contributed by atoms with Crippen molar-refractivity contribution in [2.75, 3.05) is 0 Å². The number of rotatable bonds is 4. The predicted octanol–water partition coefficient (Wildman–Crippen LogP) is 15.6. The van der Waals surface area contributed by atoms with Gasteiger partial charge in [0, 0.05) is 0 Å². The van der Waals surface area contributed by atoms with Crippen LogP contribution >= 0.6 is 0 Å². The summed E-state index contributed by atoms with van der Waals surface area (Å²) >= 11 is 0. The first-order valence-corrected chi connectivity index (χ1v) is 19.2. The van der Waals surface area contributed by atoms with E-state index in [1.165, 1.54) is 115 Å². The minimum absolute atomic E-state index is 1.22. The van der Waals surface area contributed by atoms with Crippen LogP contribution in [0.15, 0.2) is 200 Å². The highest BCUT2D eigenvalue weighted by atomic mass is 14.2. The highest BCUT2D eigenvalue weighted by molar-refractivity contribution is 6.23. The molecule has 0 aliphatic heterocycles. The Labute approximate surface area is 320 Å². The van der Waals surface area contributed by atoms with Gasteiger partial charge in [-0.05, 0) is 128 Å². The Balaban J connectivity index is 1.11. The van der Waals surface area contributed by atoms with Crippen molar-refractivity contribution in [2.24, 2.45) is 0 Å². The summed E-state index contributed by atoms with van der Waals surface area (Å²) < 4.78 is 0. The lowest BCUT2D eigenvalue weighted by molar-refractivity contribution is 1.51. The zero-order chi connectivity index (χ0) is 36.5. The summed E-state index contributed by atoms with van der Waals surface area (Å²) in [5.74, 6) is 0. The Kier molecular flexibility index (Phi) is 7.19. The van der Waals surface area contributed by atoms with Crippen LogP contribution in [0.1, 0.15) is 5.56 Å². The molecule has 0 atom stereocenters. The van der Waals surface area contributed by atoms with Crippen molar-refractivity contribution >= 4 is 64.6 Å². The molecule has 0 fully saturated rings. The van der Waals surface area contributed by atoms with E-state index in [1.54, 1.807) is 0 Å². The molecule has 256 valence electrons. The summed E-state index contributed by atoms with van der Waals surface area (Å²) in [6.07, 6.45) is 0. The second kappa shape index (κ2) is 12.5. The third-order valence-corrected chi connectivity index (χ3v) is 11.6. The summed E-state index contributed by atoms with van der Waals surface area (Å²) in [4.78, 5) is 0. The predicted molar refractivity (Wildman–Crippen MR) is 238 cm³/mol. The van der Waals surface area contributed by atoms with E-state index >= 15 is 0 Å². The quantitative estimate of drug-likeness (QED) is 0.161. The van der Waals surface area contributed by atoms with Gasteiger partial charge in [0.05, 0.1) is 0 Å². The van der Waals surface area contributed by atoms with Crippen LogP contribution in [-0.2, 0) is 0 Å². The SMILES string of the molecule is Cc1ccc2cc(-c3c4ccccc4c(-c4ccc(-c5c6ccccc6c(-c6ccc7ccccc7c6)c6ccccc56)cc4)c4ccccc34)ccc2c1. The fourth-order valence-corrected chi connectivity index (χ4v) is 9.17. The summed E-state index contributed by atoms with van der Waals surface area (Å²) in [5, 5.41) is 15.2. The fraction of sp³-hybridized carbons (Fsp3) is 0.0182. The molecule has 0 aliphatic carbocycles. The molecule has 0 N–H and O–H groups in total. The van der Waals surface area contributed by atoms with Gasteiger partial charge in [0.1, 0.15) is 0 Å². The van der Waals surface area contributed by atoms with Crippen LogP contribution in [0.4, 0.5) is 0 Å². The van der Waals surface area contributed by atoms with Gasteiger partial charge < -0.3 is 0 Å². The Hall–Kier alpha value is -7.02. The van der Waals surface area contributed by atoms with Crippen LogP contribution in [0.2, 0.25) is 0 Å². The topological polar surface area (TPSA) is 0 Å². The van der Waals surface area contributed by atoms with E-state index in [0.29, 0.717) is 0 Å². The van der Waals surface area contributed by atoms with Gasteiger partial charge in [-0.3, -0.25) is 0 Å². The molecule has 0 radical (unpaired) electrons. The van der Waals surface area contributed by atoms with Gasteiger partial charge in [-0.15, -0.1) is 0 Å². The number of benzene rings is 11. The van der Waals surface area contributed by atoms with Crippen molar-refractivity contribution < 1.29 is 0 Å². The minimum atomic E-state index is 1.22. The van der Waals surface area contributed by atoms with E-state index in [4.69, 9.17) is 0 Å². The molecule has 0 heterocycles. The Morgan fingerprint density at radius 3 is 0.909 bits per heavy atom. The van der Waals surface area contributed by atoms with E-state index < -0.39 is 0 Å². The Morgan fingerprint density at radius 1 is 0.218 bits per heavy atom. The van der Waals surface area contributed by atoms with Crippen molar-refractivity contribution in [1.29, 1.82) is 0 Å². The molecule has 0 saturated heterocycles. The van der Waals surface area contributed by atoms with E-state index in [0.717, 1.165) is 0 Å². The van der Waals surface area contributed by atoms with Gasteiger partial charge in [0.15, 0.2) is 0 Å².